The van der Waals surface area contributed by atoms with Crippen molar-refractivity contribution >= 4 is 17.4 Å². The van der Waals surface area contributed by atoms with Crippen LogP contribution in [0.1, 0.15) is 11.8 Å². The maximum atomic E-state index is 13.8. The Kier molecular flexibility index (Phi) is 4.85. The molecule has 2 heterocycles. The summed E-state index contributed by atoms with van der Waals surface area (Å²) < 4.78 is 33.0. The molecule has 29 heavy (non-hydrogen) atoms. The second kappa shape index (κ2) is 7.48. The number of benzene rings is 2. The molecule has 1 aliphatic heterocycles. The Morgan fingerprint density at radius 3 is 2.52 bits per heavy atom. The third-order valence-corrected chi connectivity index (χ3v) is 4.67. The Morgan fingerprint density at radius 2 is 1.83 bits per heavy atom. The van der Waals surface area contributed by atoms with Crippen molar-refractivity contribution in [3.05, 3.63) is 71.9 Å². The number of fused-ring (bicyclic) bond motifs is 1. The van der Waals surface area contributed by atoms with Crippen molar-refractivity contribution in [2.45, 2.75) is 6.23 Å². The van der Waals surface area contributed by atoms with E-state index in [-0.39, 0.29) is 12.5 Å². The molecule has 0 spiro atoms. The van der Waals surface area contributed by atoms with E-state index < -0.39 is 23.4 Å². The zero-order valence-corrected chi connectivity index (χ0v) is 15.4. The highest BCUT2D eigenvalue weighted by Crippen LogP contribution is 2.33. The molecular formula is C21H17F2N3O3. The maximum Gasteiger partial charge on any atom is 0.265 e. The van der Waals surface area contributed by atoms with E-state index in [4.69, 9.17) is 4.74 Å². The van der Waals surface area contributed by atoms with Gasteiger partial charge in [-0.3, -0.25) is 9.69 Å². The van der Waals surface area contributed by atoms with Gasteiger partial charge in [-0.25, -0.2) is 13.8 Å². The molecule has 1 atom stereocenters. The lowest BCUT2D eigenvalue weighted by atomic mass is 10.1. The summed E-state index contributed by atoms with van der Waals surface area (Å²) in [4.78, 5) is 17.4. The first-order valence-electron chi connectivity index (χ1n) is 8.82. The number of aliphatic hydroxyl groups excluding tert-OH is 1. The van der Waals surface area contributed by atoms with E-state index in [1.165, 1.54) is 11.0 Å². The summed E-state index contributed by atoms with van der Waals surface area (Å²) in [6, 6.07) is 12.1. The largest absolute Gasteiger partial charge is 0.480 e. The molecule has 4 rings (SSSR count). The normalized spacial score (nSPS) is 14.2. The van der Waals surface area contributed by atoms with Crippen LogP contribution in [0.15, 0.2) is 54.7 Å². The quantitative estimate of drug-likeness (QED) is 0.660. The number of hydrogen-bond acceptors (Lipinski definition) is 5. The number of hydrogen-bond donors (Lipinski definition) is 2. The summed E-state index contributed by atoms with van der Waals surface area (Å²) in [6.45, 7) is -0.0397. The van der Waals surface area contributed by atoms with Gasteiger partial charge >= 0.3 is 0 Å². The Bertz CT molecular complexity index is 1050. The first-order chi connectivity index (χ1) is 13.9. The van der Waals surface area contributed by atoms with Crippen LogP contribution in [0.5, 0.6) is 5.75 Å². The fraction of sp³-hybridized carbons (Fsp3) is 0.143. The molecule has 0 bridgehead atoms. The molecule has 8 heteroatoms. The lowest BCUT2D eigenvalue weighted by molar-refractivity contribution is -0.121. The first-order valence-corrected chi connectivity index (χ1v) is 8.82. The average Bonchev–Trinajstić information content (AvgIpc) is 2.71. The van der Waals surface area contributed by atoms with Gasteiger partial charge in [0.1, 0.15) is 11.6 Å². The van der Waals surface area contributed by atoms with Crippen LogP contribution in [0, 0.1) is 11.6 Å². The second-order valence-corrected chi connectivity index (χ2v) is 6.55. The van der Waals surface area contributed by atoms with Crippen LogP contribution >= 0.6 is 0 Å². The topological polar surface area (TPSA) is 74.7 Å². The third-order valence-electron chi connectivity index (χ3n) is 4.67. The fourth-order valence-electron chi connectivity index (χ4n) is 3.07. The Morgan fingerprint density at radius 1 is 1.14 bits per heavy atom. The minimum atomic E-state index is -1.53. The molecule has 0 radical (unpaired) electrons. The molecule has 0 saturated carbocycles. The molecule has 1 aliphatic rings. The maximum absolute atomic E-state index is 13.8. The molecule has 2 N–H and O–H groups in total. The minimum absolute atomic E-state index is 0.0397. The summed E-state index contributed by atoms with van der Waals surface area (Å²) in [7, 11) is 1.64. The van der Waals surface area contributed by atoms with Crippen LogP contribution in [0.3, 0.4) is 0 Å². The highest BCUT2D eigenvalue weighted by molar-refractivity contribution is 5.96. The number of amides is 1. The number of carbonyl (C=O) groups is 1. The number of anilines is 2. The van der Waals surface area contributed by atoms with Crippen molar-refractivity contribution in [2.75, 3.05) is 23.9 Å². The average molecular weight is 397 g/mol. The monoisotopic (exact) mass is 397 g/mol. The van der Waals surface area contributed by atoms with Crippen LogP contribution in [0.2, 0.25) is 0 Å². The number of rotatable bonds is 4. The third kappa shape index (κ3) is 3.62. The first kappa shape index (κ1) is 18.8. The van der Waals surface area contributed by atoms with Crippen molar-refractivity contribution in [3.63, 3.8) is 0 Å². The van der Waals surface area contributed by atoms with Crippen molar-refractivity contribution in [1.82, 2.24) is 4.98 Å². The predicted molar refractivity (Wildman–Crippen MR) is 104 cm³/mol. The molecule has 0 fully saturated rings. The number of aliphatic hydroxyl groups is 1. The van der Waals surface area contributed by atoms with E-state index in [0.717, 1.165) is 23.3 Å². The number of nitrogens with one attached hydrogen (secondary N) is 1. The predicted octanol–water partition coefficient (Wildman–Crippen LogP) is 3.49. The summed E-state index contributed by atoms with van der Waals surface area (Å²) in [5.74, 6) is -0.857. The molecule has 0 saturated heterocycles. The van der Waals surface area contributed by atoms with Crippen LogP contribution in [0.25, 0.3) is 11.1 Å². The number of nitrogens with zero attached hydrogens (tertiary/aromatic N) is 2. The second-order valence-electron chi connectivity index (χ2n) is 6.55. The summed E-state index contributed by atoms with van der Waals surface area (Å²) >= 11 is 0. The molecule has 3 aromatic rings. The molecule has 2 aromatic carbocycles. The van der Waals surface area contributed by atoms with Crippen LogP contribution in [0.4, 0.5) is 20.3 Å². The smallest absolute Gasteiger partial charge is 0.265 e. The van der Waals surface area contributed by atoms with Gasteiger partial charge in [-0.15, -0.1) is 0 Å². The zero-order valence-electron chi connectivity index (χ0n) is 15.4. The van der Waals surface area contributed by atoms with Gasteiger partial charge in [-0.1, -0.05) is 18.2 Å². The van der Waals surface area contributed by atoms with Gasteiger partial charge in [0.05, 0.1) is 5.56 Å². The van der Waals surface area contributed by atoms with Gasteiger partial charge in [-0.05, 0) is 35.9 Å². The number of ether oxygens (including phenoxy) is 1. The van der Waals surface area contributed by atoms with Crippen molar-refractivity contribution in [1.29, 1.82) is 0 Å². The molecule has 0 aliphatic carbocycles. The number of pyridine rings is 1. The highest BCUT2D eigenvalue weighted by Gasteiger charge is 2.24. The summed E-state index contributed by atoms with van der Waals surface area (Å²) in [5, 5.41) is 12.8. The van der Waals surface area contributed by atoms with Gasteiger partial charge in [-0.2, -0.15) is 0 Å². The molecule has 148 valence electrons. The van der Waals surface area contributed by atoms with Crippen LogP contribution in [-0.2, 0) is 4.79 Å². The molecule has 6 nitrogen and oxygen atoms in total. The number of aromatic nitrogens is 1. The van der Waals surface area contributed by atoms with E-state index in [1.54, 1.807) is 43.6 Å². The Balaban J connectivity index is 1.53. The number of carbonyl (C=O) groups excluding carboxylic acids is 1. The molecule has 1 unspecified atom stereocenters. The van der Waals surface area contributed by atoms with Gasteiger partial charge in [0.15, 0.2) is 24.4 Å². The molecule has 1 amide bonds. The van der Waals surface area contributed by atoms with Crippen LogP contribution in [-0.4, -0.2) is 29.7 Å². The van der Waals surface area contributed by atoms with E-state index in [1.807, 2.05) is 0 Å². The zero-order chi connectivity index (χ0) is 20.5. The summed E-state index contributed by atoms with van der Waals surface area (Å²) in [6.07, 6.45) is 0.0949. The lowest BCUT2D eigenvalue weighted by Crippen LogP contribution is -2.36. The van der Waals surface area contributed by atoms with Crippen molar-refractivity contribution in [3.8, 4) is 16.9 Å². The molecular weight excluding hydrogens is 380 g/mol. The standard InChI is InChI=1S/C21H17F2N3O3/c1-26-18(27)11-29-17-9-13(10-24-20(17)26)12-5-7-14(8-6-12)25-21(28)19-15(22)3-2-4-16(19)23/h2-10,21,25,28H,11H2,1H3. The van der Waals surface area contributed by atoms with E-state index in [2.05, 4.69) is 10.3 Å². The fourth-order valence-corrected chi connectivity index (χ4v) is 3.07. The van der Waals surface area contributed by atoms with E-state index >= 15 is 0 Å². The van der Waals surface area contributed by atoms with Gasteiger partial charge in [0.25, 0.3) is 5.91 Å². The SMILES string of the molecule is CN1C(=O)COc2cc(-c3ccc(NC(O)c4c(F)cccc4F)cc3)cnc21. The van der Waals surface area contributed by atoms with E-state index in [9.17, 15) is 18.7 Å². The molecule has 1 aromatic heterocycles. The Hall–Kier alpha value is -3.52. The van der Waals surface area contributed by atoms with Crippen LogP contribution < -0.4 is 15.0 Å². The van der Waals surface area contributed by atoms with Gasteiger partial charge < -0.3 is 15.2 Å². The summed E-state index contributed by atoms with van der Waals surface area (Å²) in [5.41, 5.74) is 1.64. The number of halogens is 2. The van der Waals surface area contributed by atoms with E-state index in [0.29, 0.717) is 17.3 Å². The number of likely N-dealkylation sites (N-methyl/N-ethyl adjacent to an activating group) is 1. The van der Waals surface area contributed by atoms with Crippen molar-refractivity contribution < 1.29 is 23.4 Å². The van der Waals surface area contributed by atoms with Crippen molar-refractivity contribution in [2.24, 2.45) is 0 Å². The highest BCUT2D eigenvalue weighted by atomic mass is 19.1. The minimum Gasteiger partial charge on any atom is -0.480 e. The van der Waals surface area contributed by atoms with Gasteiger partial charge in [0, 0.05) is 24.5 Å². The van der Waals surface area contributed by atoms with Gasteiger partial charge in [0.2, 0.25) is 0 Å². The lowest BCUT2D eigenvalue weighted by Gasteiger charge is -2.25. The Labute approximate surface area is 165 Å².